The topological polar surface area (TPSA) is 75.6 Å². The molecule has 0 unspecified atom stereocenters. The van der Waals surface area contributed by atoms with E-state index in [4.69, 9.17) is 9.05 Å². The Hall–Kier alpha value is -2.15. The van der Waals surface area contributed by atoms with Crippen molar-refractivity contribution < 1.29 is 13.8 Å². The zero-order valence-electron chi connectivity index (χ0n) is 17.9. The standard InChI is InChI=1S/C22H32N4O3/c1-15-19(16(2)28-23-15)14-20-17(3)29-24-21(20)22(27)26-12-5-4-8-18(26)9-13-25-10-6-7-11-25/h18H,4-14H2,1-3H3/t18-/m1/s1. The summed E-state index contributed by atoms with van der Waals surface area (Å²) in [6, 6.07) is 0.292. The number of hydrogen-bond donors (Lipinski definition) is 0. The molecule has 4 heterocycles. The van der Waals surface area contributed by atoms with Crippen molar-refractivity contribution >= 4 is 5.91 Å². The van der Waals surface area contributed by atoms with Crippen LogP contribution in [0.5, 0.6) is 0 Å². The maximum Gasteiger partial charge on any atom is 0.276 e. The number of piperidine rings is 1. The summed E-state index contributed by atoms with van der Waals surface area (Å²) in [5.41, 5.74) is 3.17. The third-order valence-electron chi connectivity index (χ3n) is 6.59. The summed E-state index contributed by atoms with van der Waals surface area (Å²) in [5, 5.41) is 8.21. The van der Waals surface area contributed by atoms with Gasteiger partial charge in [0.25, 0.3) is 5.91 Å². The van der Waals surface area contributed by atoms with E-state index in [1.165, 1.54) is 32.4 Å². The molecule has 2 aliphatic rings. The van der Waals surface area contributed by atoms with Crippen molar-refractivity contribution in [3.05, 3.63) is 34.0 Å². The van der Waals surface area contributed by atoms with Gasteiger partial charge in [-0.3, -0.25) is 4.79 Å². The average Bonchev–Trinajstić information content (AvgIpc) is 3.44. The predicted octanol–water partition coefficient (Wildman–Crippen LogP) is 3.66. The molecule has 1 atom stereocenters. The highest BCUT2D eigenvalue weighted by Gasteiger charge is 2.32. The van der Waals surface area contributed by atoms with Crippen molar-refractivity contribution in [1.82, 2.24) is 20.1 Å². The van der Waals surface area contributed by atoms with Crippen molar-refractivity contribution in [2.75, 3.05) is 26.2 Å². The van der Waals surface area contributed by atoms with Crippen LogP contribution in [0.2, 0.25) is 0 Å². The number of nitrogens with zero attached hydrogens (tertiary/aromatic N) is 4. The van der Waals surface area contributed by atoms with Gasteiger partial charge in [-0.2, -0.15) is 0 Å². The number of rotatable bonds is 6. The monoisotopic (exact) mass is 400 g/mol. The quantitative estimate of drug-likeness (QED) is 0.737. The molecular formula is C22H32N4O3. The van der Waals surface area contributed by atoms with E-state index in [2.05, 4.69) is 15.2 Å². The number of hydrogen-bond acceptors (Lipinski definition) is 6. The number of amides is 1. The zero-order chi connectivity index (χ0) is 20.4. The number of aryl methyl sites for hydroxylation is 3. The second-order valence-electron chi connectivity index (χ2n) is 8.53. The second kappa shape index (κ2) is 8.69. The predicted molar refractivity (Wildman–Crippen MR) is 109 cm³/mol. The number of carbonyl (C=O) groups excluding carboxylic acids is 1. The summed E-state index contributed by atoms with van der Waals surface area (Å²) in [6.07, 6.45) is 7.54. The Balaban J connectivity index is 1.51. The first kappa shape index (κ1) is 20.1. The van der Waals surface area contributed by atoms with E-state index in [1.54, 1.807) is 0 Å². The van der Waals surface area contributed by atoms with E-state index < -0.39 is 0 Å². The molecular weight excluding hydrogens is 368 g/mol. The van der Waals surface area contributed by atoms with Crippen LogP contribution in [0.3, 0.4) is 0 Å². The van der Waals surface area contributed by atoms with Crippen LogP contribution in [0, 0.1) is 20.8 Å². The van der Waals surface area contributed by atoms with Crippen molar-refractivity contribution in [3.8, 4) is 0 Å². The Kier molecular flexibility index (Phi) is 6.04. The molecule has 2 aromatic heterocycles. The summed E-state index contributed by atoms with van der Waals surface area (Å²) in [5.74, 6) is 1.48. The lowest BCUT2D eigenvalue weighted by Gasteiger charge is -2.36. The van der Waals surface area contributed by atoms with Gasteiger partial charge in [0.05, 0.1) is 5.69 Å². The summed E-state index contributed by atoms with van der Waals surface area (Å²) in [6.45, 7) is 9.99. The Bertz CT molecular complexity index is 831. The maximum absolute atomic E-state index is 13.5. The van der Waals surface area contributed by atoms with Crippen LogP contribution in [0.15, 0.2) is 9.05 Å². The van der Waals surface area contributed by atoms with Crippen molar-refractivity contribution in [3.63, 3.8) is 0 Å². The van der Waals surface area contributed by atoms with Gasteiger partial charge in [-0.25, -0.2) is 0 Å². The van der Waals surface area contributed by atoms with Gasteiger partial charge in [-0.1, -0.05) is 10.3 Å². The SMILES string of the molecule is Cc1noc(C)c1Cc1c(C(=O)N2CCCC[C@@H]2CCN2CCCC2)noc1C. The maximum atomic E-state index is 13.5. The fourth-order valence-corrected chi connectivity index (χ4v) is 4.74. The lowest BCUT2D eigenvalue weighted by Crippen LogP contribution is -2.45. The normalized spacial score (nSPS) is 20.5. The molecule has 29 heavy (non-hydrogen) atoms. The van der Waals surface area contributed by atoms with Crippen LogP contribution in [0.4, 0.5) is 0 Å². The first-order valence-electron chi connectivity index (χ1n) is 10.9. The minimum absolute atomic E-state index is 0.00901. The molecule has 0 spiro atoms. The first-order chi connectivity index (χ1) is 14.0. The Morgan fingerprint density at radius 1 is 0.966 bits per heavy atom. The van der Waals surface area contributed by atoms with Crippen molar-refractivity contribution in [1.29, 1.82) is 0 Å². The fourth-order valence-electron chi connectivity index (χ4n) is 4.74. The van der Waals surface area contributed by atoms with E-state index in [0.717, 1.165) is 54.9 Å². The third kappa shape index (κ3) is 4.25. The molecule has 2 aliphatic heterocycles. The van der Waals surface area contributed by atoms with Crippen molar-refractivity contribution in [2.45, 2.75) is 71.8 Å². The highest BCUT2D eigenvalue weighted by molar-refractivity contribution is 5.94. The molecule has 0 radical (unpaired) electrons. The van der Waals surface area contributed by atoms with Gasteiger partial charge in [0.15, 0.2) is 5.69 Å². The van der Waals surface area contributed by atoms with Gasteiger partial charge in [0.1, 0.15) is 11.5 Å². The van der Waals surface area contributed by atoms with Crippen LogP contribution in [0.1, 0.15) is 77.4 Å². The smallest absolute Gasteiger partial charge is 0.276 e. The van der Waals surface area contributed by atoms with Gasteiger partial charge in [-0.05, 0) is 72.4 Å². The fraction of sp³-hybridized carbons (Fsp3) is 0.682. The number of likely N-dealkylation sites (tertiary alicyclic amines) is 2. The van der Waals surface area contributed by atoms with Gasteiger partial charge in [-0.15, -0.1) is 0 Å². The molecule has 4 rings (SSSR count). The van der Waals surface area contributed by atoms with E-state index in [1.807, 2.05) is 25.7 Å². The van der Waals surface area contributed by atoms with Crippen LogP contribution in [-0.2, 0) is 6.42 Å². The molecule has 7 heteroatoms. The molecule has 0 aliphatic carbocycles. The van der Waals surface area contributed by atoms with Crippen LogP contribution >= 0.6 is 0 Å². The Morgan fingerprint density at radius 2 is 1.66 bits per heavy atom. The lowest BCUT2D eigenvalue weighted by molar-refractivity contribution is 0.0576. The van der Waals surface area contributed by atoms with Gasteiger partial charge in [0, 0.05) is 36.7 Å². The molecule has 1 amide bonds. The first-order valence-corrected chi connectivity index (χ1v) is 10.9. The molecule has 0 N–H and O–H groups in total. The summed E-state index contributed by atoms with van der Waals surface area (Å²) in [7, 11) is 0. The highest BCUT2D eigenvalue weighted by atomic mass is 16.5. The van der Waals surface area contributed by atoms with E-state index >= 15 is 0 Å². The molecule has 0 aromatic carbocycles. The molecule has 2 fully saturated rings. The van der Waals surface area contributed by atoms with E-state index in [-0.39, 0.29) is 5.91 Å². The number of aromatic nitrogens is 2. The van der Waals surface area contributed by atoms with Gasteiger partial charge < -0.3 is 18.8 Å². The Morgan fingerprint density at radius 3 is 2.38 bits per heavy atom. The second-order valence-corrected chi connectivity index (χ2v) is 8.53. The van der Waals surface area contributed by atoms with Crippen LogP contribution < -0.4 is 0 Å². The molecule has 158 valence electrons. The van der Waals surface area contributed by atoms with Gasteiger partial charge >= 0.3 is 0 Å². The minimum Gasteiger partial charge on any atom is -0.361 e. The lowest BCUT2D eigenvalue weighted by atomic mass is 9.97. The Labute approximate surface area is 172 Å². The van der Waals surface area contributed by atoms with Crippen LogP contribution in [0.25, 0.3) is 0 Å². The molecule has 7 nitrogen and oxygen atoms in total. The summed E-state index contributed by atoms with van der Waals surface area (Å²) >= 11 is 0. The molecule has 2 saturated heterocycles. The zero-order valence-corrected chi connectivity index (χ0v) is 17.9. The average molecular weight is 401 g/mol. The number of carbonyl (C=O) groups is 1. The highest BCUT2D eigenvalue weighted by Crippen LogP contribution is 2.27. The third-order valence-corrected chi connectivity index (χ3v) is 6.59. The molecule has 0 saturated carbocycles. The van der Waals surface area contributed by atoms with Gasteiger partial charge in [0.2, 0.25) is 0 Å². The van der Waals surface area contributed by atoms with E-state index in [9.17, 15) is 4.79 Å². The van der Waals surface area contributed by atoms with Crippen LogP contribution in [-0.4, -0.2) is 58.2 Å². The van der Waals surface area contributed by atoms with Crippen molar-refractivity contribution in [2.24, 2.45) is 0 Å². The molecule has 0 bridgehead atoms. The molecule has 2 aromatic rings. The summed E-state index contributed by atoms with van der Waals surface area (Å²) in [4.78, 5) is 18.1. The minimum atomic E-state index is 0.00901. The van der Waals surface area contributed by atoms with E-state index in [0.29, 0.717) is 23.9 Å². The largest absolute Gasteiger partial charge is 0.361 e. The summed E-state index contributed by atoms with van der Waals surface area (Å²) < 4.78 is 10.8.